The average Bonchev–Trinajstić information content (AvgIpc) is 3.79. The molecule has 0 radical (unpaired) electrons. The highest BCUT2D eigenvalue weighted by Crippen LogP contribution is 2.84. The first-order valence-electron chi connectivity index (χ1n) is 17.6. The zero-order chi connectivity index (χ0) is 26.0. The number of allylic oxidation sites excluding steroid dienone is 4. The van der Waals surface area contributed by atoms with Crippen molar-refractivity contribution in [1.29, 1.82) is 0 Å². The maximum atomic E-state index is 4.97. The smallest absolute Gasteiger partial charge is 0.0599 e. The van der Waals surface area contributed by atoms with Gasteiger partial charge in [-0.2, -0.15) is 25.3 Å². The summed E-state index contributed by atoms with van der Waals surface area (Å²) in [5.41, 5.74) is 0. The van der Waals surface area contributed by atoms with E-state index in [1.807, 2.05) is 0 Å². The van der Waals surface area contributed by atoms with Crippen LogP contribution in [0.4, 0.5) is 0 Å². The summed E-state index contributed by atoms with van der Waals surface area (Å²) in [5, 5.41) is 0. The van der Waals surface area contributed by atoms with Crippen LogP contribution in [0.2, 0.25) is 0 Å². The molecule has 0 spiro atoms. The Bertz CT molecular complexity index is 1060. The van der Waals surface area contributed by atoms with Crippen LogP contribution in [0.15, 0.2) is 24.3 Å². The van der Waals surface area contributed by atoms with Gasteiger partial charge in [0.25, 0.3) is 0 Å². The van der Waals surface area contributed by atoms with Crippen molar-refractivity contribution in [3.05, 3.63) is 24.3 Å². The Morgan fingerprint density at radius 2 is 0.875 bits per heavy atom. The minimum atomic E-state index is 0.692. The number of thioether (sulfide) groups is 2. The molecule has 8 bridgehead atoms. The molecule has 0 aromatic rings. The van der Waals surface area contributed by atoms with Crippen molar-refractivity contribution < 1.29 is 0 Å². The van der Waals surface area contributed by atoms with Crippen LogP contribution >= 0.6 is 48.8 Å². The normalized spacial score (nSPS) is 66.4. The summed E-state index contributed by atoms with van der Waals surface area (Å²) in [4.78, 5) is 0. The van der Waals surface area contributed by atoms with Gasteiger partial charge >= 0.3 is 0 Å². The van der Waals surface area contributed by atoms with Gasteiger partial charge in [-0.05, 0) is 180 Å². The summed E-state index contributed by atoms with van der Waals surface area (Å²) < 4.78 is 0.781. The third kappa shape index (κ3) is 2.85. The first-order valence-corrected chi connectivity index (χ1v) is 20.9. The lowest BCUT2D eigenvalue weighted by molar-refractivity contribution is -0.219. The number of hydrogen-bond donors (Lipinski definition) is 2. The summed E-state index contributed by atoms with van der Waals surface area (Å²) in [7, 11) is 0. The molecule has 12 fully saturated rings. The third-order valence-electron chi connectivity index (χ3n) is 17.1. The van der Waals surface area contributed by atoms with Crippen LogP contribution in [-0.2, 0) is 0 Å². The first-order chi connectivity index (χ1) is 19.8. The molecule has 13 rings (SSSR count). The maximum Gasteiger partial charge on any atom is 0.0599 e. The molecular formula is C36H48S4. The van der Waals surface area contributed by atoms with Crippen LogP contribution in [0, 0.1) is 124 Å². The van der Waals surface area contributed by atoms with Gasteiger partial charge in [-0.1, -0.05) is 24.3 Å². The van der Waals surface area contributed by atoms with Crippen molar-refractivity contribution in [3.63, 3.8) is 0 Å². The van der Waals surface area contributed by atoms with Crippen LogP contribution in [0.1, 0.15) is 38.5 Å². The second-order valence-electron chi connectivity index (χ2n) is 17.0. The molecule has 0 aromatic carbocycles. The van der Waals surface area contributed by atoms with Crippen LogP contribution in [0.5, 0.6) is 0 Å². The van der Waals surface area contributed by atoms with Gasteiger partial charge in [-0.25, -0.2) is 0 Å². The molecule has 12 aliphatic carbocycles. The standard InChI is InChI=1S/C36H48S4/c37-11-24-16-5-6-17(25(24)12-38)29-21-9-20(28(16)29)32-33(21)35-23-10-22(34(32)35)30-18-7-8-19(31(23)30)27-14-40-36(39-13-26(18)27)15-3-1-2-4-15/h1-4,15-38H,5-14H2. The summed E-state index contributed by atoms with van der Waals surface area (Å²) in [6.07, 6.45) is 19.2. The number of rotatable bonds is 3. The van der Waals surface area contributed by atoms with Gasteiger partial charge in [0.15, 0.2) is 0 Å². The number of fused-ring (bicyclic) bond motifs is 15. The molecule has 13 aliphatic rings. The van der Waals surface area contributed by atoms with E-state index < -0.39 is 0 Å². The molecule has 20 atom stereocenters. The lowest BCUT2D eigenvalue weighted by Crippen LogP contribution is -2.66. The molecule has 216 valence electrons. The fourth-order valence-corrected chi connectivity index (χ4v) is 21.3. The summed E-state index contributed by atoms with van der Waals surface area (Å²) in [6, 6.07) is 0. The van der Waals surface area contributed by atoms with Crippen molar-refractivity contribution in [2.45, 2.75) is 43.1 Å². The fourth-order valence-electron chi connectivity index (χ4n) is 16.8. The average molecular weight is 609 g/mol. The molecule has 20 unspecified atom stereocenters. The van der Waals surface area contributed by atoms with E-state index >= 15 is 0 Å². The number of hydrogen-bond acceptors (Lipinski definition) is 4. The molecule has 1 aliphatic heterocycles. The van der Waals surface area contributed by atoms with E-state index in [1.165, 1.54) is 35.2 Å². The Hall–Kier alpha value is 0.880. The van der Waals surface area contributed by atoms with Crippen molar-refractivity contribution in [1.82, 2.24) is 0 Å². The molecular weight excluding hydrogens is 561 g/mol. The molecule has 11 saturated carbocycles. The highest BCUT2D eigenvalue weighted by Gasteiger charge is 2.80. The van der Waals surface area contributed by atoms with Gasteiger partial charge < -0.3 is 0 Å². The van der Waals surface area contributed by atoms with Crippen LogP contribution in [-0.4, -0.2) is 27.6 Å². The summed E-state index contributed by atoms with van der Waals surface area (Å²) in [6.45, 7) is 0. The monoisotopic (exact) mass is 608 g/mol. The predicted molar refractivity (Wildman–Crippen MR) is 176 cm³/mol. The summed E-state index contributed by atoms with van der Waals surface area (Å²) in [5.74, 6) is 27.8. The Labute approximate surface area is 262 Å². The van der Waals surface area contributed by atoms with Gasteiger partial charge in [0.2, 0.25) is 0 Å². The van der Waals surface area contributed by atoms with Gasteiger partial charge in [0, 0.05) is 5.92 Å². The quantitative estimate of drug-likeness (QED) is 0.310. The molecule has 1 saturated heterocycles. The molecule has 1 heterocycles. The number of thiol groups is 2. The zero-order valence-corrected chi connectivity index (χ0v) is 27.2. The Morgan fingerprint density at radius 3 is 1.30 bits per heavy atom. The van der Waals surface area contributed by atoms with Crippen LogP contribution < -0.4 is 0 Å². The van der Waals surface area contributed by atoms with E-state index in [4.69, 9.17) is 25.3 Å². The molecule has 0 amide bonds. The summed E-state index contributed by atoms with van der Waals surface area (Å²) >= 11 is 14.7. The highest BCUT2D eigenvalue weighted by atomic mass is 32.2. The zero-order valence-electron chi connectivity index (χ0n) is 23.8. The van der Waals surface area contributed by atoms with E-state index in [1.54, 1.807) is 38.5 Å². The van der Waals surface area contributed by atoms with E-state index in [0.717, 1.165) is 111 Å². The van der Waals surface area contributed by atoms with E-state index in [0.29, 0.717) is 5.92 Å². The fraction of sp³-hybridized carbons (Fsp3) is 0.889. The first kappa shape index (κ1) is 25.1. The SMILES string of the molecule is SCC1C(CS)C2CCC1C1C3CC(C21)C1C3C2C3CC(C4C5CCC(C6CSC(C7C=CC=C7)SCC65)C34)C12. The van der Waals surface area contributed by atoms with Gasteiger partial charge in [-0.3, -0.25) is 0 Å². The van der Waals surface area contributed by atoms with E-state index in [2.05, 4.69) is 47.8 Å². The highest BCUT2D eigenvalue weighted by molar-refractivity contribution is 8.17. The second kappa shape index (κ2) is 8.78. The van der Waals surface area contributed by atoms with E-state index in [-0.39, 0.29) is 0 Å². The lowest BCUT2D eigenvalue weighted by Gasteiger charge is -2.70. The minimum Gasteiger partial charge on any atom is -0.179 e. The molecule has 0 N–H and O–H groups in total. The topological polar surface area (TPSA) is 0 Å². The van der Waals surface area contributed by atoms with Crippen molar-refractivity contribution in [2.75, 3.05) is 23.0 Å². The Morgan fingerprint density at radius 1 is 0.475 bits per heavy atom. The third-order valence-corrected chi connectivity index (χ3v) is 21.2. The molecule has 0 aromatic heterocycles. The van der Waals surface area contributed by atoms with Gasteiger partial charge in [-0.15, -0.1) is 23.5 Å². The van der Waals surface area contributed by atoms with Gasteiger partial charge in [0.05, 0.1) is 4.58 Å². The maximum absolute atomic E-state index is 4.97. The van der Waals surface area contributed by atoms with Crippen LogP contribution in [0.25, 0.3) is 0 Å². The van der Waals surface area contributed by atoms with E-state index in [9.17, 15) is 0 Å². The Balaban J connectivity index is 0.899. The van der Waals surface area contributed by atoms with Crippen LogP contribution in [0.3, 0.4) is 0 Å². The van der Waals surface area contributed by atoms with Crippen molar-refractivity contribution in [3.8, 4) is 0 Å². The van der Waals surface area contributed by atoms with Gasteiger partial charge in [0.1, 0.15) is 0 Å². The second-order valence-corrected chi connectivity index (χ2v) is 20.3. The predicted octanol–water partition coefficient (Wildman–Crippen LogP) is 8.18. The molecule has 40 heavy (non-hydrogen) atoms. The lowest BCUT2D eigenvalue weighted by atomic mass is 9.35. The molecule has 4 heteroatoms. The molecule has 0 nitrogen and oxygen atoms in total. The van der Waals surface area contributed by atoms with Crippen molar-refractivity contribution >= 4 is 48.8 Å². The Kier molecular flexibility index (Phi) is 5.51. The van der Waals surface area contributed by atoms with Crippen molar-refractivity contribution in [2.24, 2.45) is 124 Å². The minimum absolute atomic E-state index is 0.692. The largest absolute Gasteiger partial charge is 0.179 e.